The van der Waals surface area contributed by atoms with Crippen LogP contribution in [0.1, 0.15) is 19.8 Å². The fourth-order valence-electron chi connectivity index (χ4n) is 2.61. The number of benzene rings is 1. The molecule has 2 N–H and O–H groups in total. The van der Waals surface area contributed by atoms with Crippen molar-refractivity contribution in [2.24, 2.45) is 5.73 Å². The SMILES string of the molecule is CC(OC(=O)CCC(=O)N1CCN(S(=O)(=O)c2ccc(Cl)cc2)CC1)C(N)=O. The Balaban J connectivity index is 1.84. The van der Waals surface area contributed by atoms with Gasteiger partial charge < -0.3 is 15.4 Å². The first-order chi connectivity index (χ1) is 13.1. The Hall–Kier alpha value is -2.17. The number of carbonyl (C=O) groups is 3. The molecule has 11 heteroatoms. The largest absolute Gasteiger partial charge is 0.453 e. The van der Waals surface area contributed by atoms with E-state index in [-0.39, 0.29) is 49.8 Å². The van der Waals surface area contributed by atoms with E-state index in [9.17, 15) is 22.8 Å². The predicted molar refractivity (Wildman–Crippen MR) is 101 cm³/mol. The van der Waals surface area contributed by atoms with Gasteiger partial charge in [0.1, 0.15) is 0 Å². The fraction of sp³-hybridized carbons (Fsp3) is 0.471. The molecule has 1 unspecified atom stereocenters. The van der Waals surface area contributed by atoms with E-state index in [0.29, 0.717) is 5.02 Å². The quantitative estimate of drug-likeness (QED) is 0.621. The highest BCUT2D eigenvalue weighted by atomic mass is 35.5. The Morgan fingerprint density at radius 3 is 2.21 bits per heavy atom. The minimum Gasteiger partial charge on any atom is -0.453 e. The number of halogens is 1. The summed E-state index contributed by atoms with van der Waals surface area (Å²) in [7, 11) is -3.66. The van der Waals surface area contributed by atoms with Crippen molar-refractivity contribution in [3.63, 3.8) is 0 Å². The number of esters is 1. The van der Waals surface area contributed by atoms with Crippen LogP contribution in [0, 0.1) is 0 Å². The number of ether oxygens (including phenoxy) is 1. The third kappa shape index (κ3) is 5.66. The molecule has 154 valence electrons. The molecule has 1 aromatic carbocycles. The Morgan fingerprint density at radius 2 is 1.68 bits per heavy atom. The smallest absolute Gasteiger partial charge is 0.307 e. The van der Waals surface area contributed by atoms with Gasteiger partial charge in [-0.25, -0.2) is 8.42 Å². The first-order valence-corrected chi connectivity index (χ1v) is 10.5. The number of nitrogens with zero attached hydrogens (tertiary/aromatic N) is 2. The first kappa shape index (κ1) is 22.1. The zero-order chi connectivity index (χ0) is 20.9. The van der Waals surface area contributed by atoms with E-state index in [0.717, 1.165) is 0 Å². The molecule has 28 heavy (non-hydrogen) atoms. The number of hydrogen-bond acceptors (Lipinski definition) is 6. The molecule has 1 fully saturated rings. The molecule has 1 aromatic rings. The van der Waals surface area contributed by atoms with Crippen molar-refractivity contribution in [2.75, 3.05) is 26.2 Å². The number of hydrogen-bond donors (Lipinski definition) is 1. The summed E-state index contributed by atoms with van der Waals surface area (Å²) in [6, 6.07) is 5.89. The predicted octanol–water partition coefficient (Wildman–Crippen LogP) is 0.370. The number of rotatable bonds is 7. The monoisotopic (exact) mass is 431 g/mol. The molecule has 0 radical (unpaired) electrons. The van der Waals surface area contributed by atoms with Crippen LogP contribution in [0.5, 0.6) is 0 Å². The molecule has 1 heterocycles. The van der Waals surface area contributed by atoms with E-state index in [4.69, 9.17) is 22.1 Å². The summed E-state index contributed by atoms with van der Waals surface area (Å²) in [6.45, 7) is 2.10. The van der Waals surface area contributed by atoms with Crippen molar-refractivity contribution in [3.05, 3.63) is 29.3 Å². The van der Waals surface area contributed by atoms with Crippen LogP contribution in [0.15, 0.2) is 29.2 Å². The van der Waals surface area contributed by atoms with Crippen molar-refractivity contribution in [3.8, 4) is 0 Å². The Kier molecular flexibility index (Phi) is 7.39. The van der Waals surface area contributed by atoms with Crippen molar-refractivity contribution in [1.82, 2.24) is 9.21 Å². The van der Waals surface area contributed by atoms with Crippen molar-refractivity contribution < 1.29 is 27.5 Å². The van der Waals surface area contributed by atoms with Gasteiger partial charge in [0.2, 0.25) is 15.9 Å². The van der Waals surface area contributed by atoms with Gasteiger partial charge in [-0.15, -0.1) is 0 Å². The van der Waals surface area contributed by atoms with Gasteiger partial charge in [0.25, 0.3) is 5.91 Å². The van der Waals surface area contributed by atoms with E-state index >= 15 is 0 Å². The molecular formula is C17H22ClN3O6S. The summed E-state index contributed by atoms with van der Waals surface area (Å²) in [5.74, 6) is -1.74. The molecule has 0 aromatic heterocycles. The topological polar surface area (TPSA) is 127 Å². The highest BCUT2D eigenvalue weighted by Gasteiger charge is 2.30. The Labute approximate surface area is 168 Å². The number of primary amides is 1. The van der Waals surface area contributed by atoms with Crippen LogP contribution in [-0.4, -0.2) is 67.7 Å². The molecule has 0 saturated carbocycles. The van der Waals surface area contributed by atoms with Gasteiger partial charge in [-0.1, -0.05) is 11.6 Å². The third-order valence-electron chi connectivity index (χ3n) is 4.29. The molecule has 2 amide bonds. The highest BCUT2D eigenvalue weighted by molar-refractivity contribution is 7.89. The third-order valence-corrected chi connectivity index (χ3v) is 6.46. The standard InChI is InChI=1S/C17H22ClN3O6S/c1-12(17(19)24)27-16(23)7-6-15(22)20-8-10-21(11-9-20)28(25,26)14-4-2-13(18)3-5-14/h2-5,12H,6-11H2,1H3,(H2,19,24). The average molecular weight is 432 g/mol. The van der Waals surface area contributed by atoms with Gasteiger partial charge in [0, 0.05) is 37.6 Å². The molecule has 0 aliphatic carbocycles. The van der Waals surface area contributed by atoms with E-state index in [1.54, 1.807) is 0 Å². The van der Waals surface area contributed by atoms with Crippen LogP contribution >= 0.6 is 11.6 Å². The average Bonchev–Trinajstić information content (AvgIpc) is 2.66. The molecule has 1 aliphatic heterocycles. The maximum atomic E-state index is 12.6. The molecule has 0 spiro atoms. The maximum absolute atomic E-state index is 12.6. The summed E-state index contributed by atoms with van der Waals surface area (Å²) in [4.78, 5) is 36.3. The molecule has 9 nitrogen and oxygen atoms in total. The van der Waals surface area contributed by atoms with Crippen LogP contribution in [0.25, 0.3) is 0 Å². The molecule has 1 atom stereocenters. The molecular weight excluding hydrogens is 410 g/mol. The summed E-state index contributed by atoms with van der Waals surface area (Å²) in [6.07, 6.45) is -1.32. The lowest BCUT2D eigenvalue weighted by molar-refractivity contribution is -0.154. The summed E-state index contributed by atoms with van der Waals surface area (Å²) < 4.78 is 31.4. The van der Waals surface area contributed by atoms with Gasteiger partial charge in [0.15, 0.2) is 6.10 Å². The second kappa shape index (κ2) is 9.35. The Morgan fingerprint density at radius 1 is 1.11 bits per heavy atom. The zero-order valence-corrected chi connectivity index (χ0v) is 16.9. The normalized spacial score (nSPS) is 16.4. The summed E-state index contributed by atoms with van der Waals surface area (Å²) in [5.41, 5.74) is 5.00. The number of sulfonamides is 1. The van der Waals surface area contributed by atoms with E-state index in [2.05, 4.69) is 0 Å². The van der Waals surface area contributed by atoms with Crippen molar-refractivity contribution in [1.29, 1.82) is 0 Å². The number of carbonyl (C=O) groups excluding carboxylic acids is 3. The molecule has 1 aliphatic rings. The number of nitrogens with two attached hydrogens (primary N) is 1. The van der Waals surface area contributed by atoms with E-state index in [1.165, 1.54) is 40.4 Å². The lowest BCUT2D eigenvalue weighted by Gasteiger charge is -2.34. The lowest BCUT2D eigenvalue weighted by Crippen LogP contribution is -2.50. The molecule has 2 rings (SSSR count). The summed E-state index contributed by atoms with van der Waals surface area (Å²) >= 11 is 5.79. The maximum Gasteiger partial charge on any atom is 0.307 e. The fourth-order valence-corrected chi connectivity index (χ4v) is 4.16. The van der Waals surface area contributed by atoms with Crippen LogP contribution in [0.4, 0.5) is 0 Å². The number of piperazine rings is 1. The second-order valence-corrected chi connectivity index (χ2v) is 8.65. The van der Waals surface area contributed by atoms with Gasteiger partial charge in [-0.2, -0.15) is 4.31 Å². The summed E-state index contributed by atoms with van der Waals surface area (Å²) in [5, 5.41) is 0.443. The molecule has 1 saturated heterocycles. The Bertz CT molecular complexity index is 835. The lowest BCUT2D eigenvalue weighted by atomic mass is 10.2. The van der Waals surface area contributed by atoms with E-state index in [1.807, 2.05) is 0 Å². The van der Waals surface area contributed by atoms with Crippen LogP contribution in [0.2, 0.25) is 5.02 Å². The van der Waals surface area contributed by atoms with Crippen LogP contribution in [-0.2, 0) is 29.1 Å². The molecule has 0 bridgehead atoms. The zero-order valence-electron chi connectivity index (χ0n) is 15.3. The minimum absolute atomic E-state index is 0.0890. The van der Waals surface area contributed by atoms with Gasteiger partial charge in [0.05, 0.1) is 11.3 Å². The van der Waals surface area contributed by atoms with Gasteiger partial charge >= 0.3 is 5.97 Å². The van der Waals surface area contributed by atoms with Crippen LogP contribution in [0.3, 0.4) is 0 Å². The van der Waals surface area contributed by atoms with Crippen LogP contribution < -0.4 is 5.73 Å². The van der Waals surface area contributed by atoms with E-state index < -0.39 is 28.0 Å². The minimum atomic E-state index is -3.66. The van der Waals surface area contributed by atoms with Crippen molar-refractivity contribution >= 4 is 39.4 Å². The first-order valence-electron chi connectivity index (χ1n) is 8.63. The van der Waals surface area contributed by atoms with Gasteiger partial charge in [-0.05, 0) is 31.2 Å². The highest BCUT2D eigenvalue weighted by Crippen LogP contribution is 2.20. The number of amides is 2. The van der Waals surface area contributed by atoms with Gasteiger partial charge in [-0.3, -0.25) is 14.4 Å². The second-order valence-electron chi connectivity index (χ2n) is 6.27. The van der Waals surface area contributed by atoms with Crippen molar-refractivity contribution in [2.45, 2.75) is 30.8 Å².